The smallest absolute Gasteiger partial charge is 0.239 e. The van der Waals surface area contributed by atoms with Gasteiger partial charge in [0.2, 0.25) is 5.91 Å². The van der Waals surface area contributed by atoms with E-state index in [1.54, 1.807) is 0 Å². The second-order valence-electron chi connectivity index (χ2n) is 9.92. The molecule has 5 rings (SSSR count). The second kappa shape index (κ2) is 11.0. The van der Waals surface area contributed by atoms with Crippen LogP contribution in [0.4, 0.5) is 0 Å². The Labute approximate surface area is 222 Å². The summed E-state index contributed by atoms with van der Waals surface area (Å²) in [7, 11) is 0. The van der Waals surface area contributed by atoms with Crippen LogP contribution in [0.2, 0.25) is 0 Å². The summed E-state index contributed by atoms with van der Waals surface area (Å²) >= 11 is 0. The van der Waals surface area contributed by atoms with Gasteiger partial charge in [0.25, 0.3) is 0 Å². The van der Waals surface area contributed by atoms with E-state index in [0.717, 1.165) is 49.2 Å². The fourth-order valence-corrected chi connectivity index (χ4v) is 5.77. The lowest BCUT2D eigenvalue weighted by Crippen LogP contribution is -2.46. The van der Waals surface area contributed by atoms with Crippen LogP contribution in [0.3, 0.4) is 0 Å². The molecular weight excluding hydrogens is 474 g/mol. The monoisotopic (exact) mass is 505 g/mol. The number of likely N-dealkylation sites (tertiary alicyclic amines) is 1. The number of aromatic nitrogens is 4. The molecule has 0 unspecified atom stereocenters. The number of tetrazole rings is 1. The Bertz CT molecular complexity index is 1350. The number of nitriles is 1. The predicted octanol–water partition coefficient (Wildman–Crippen LogP) is 3.44. The Morgan fingerprint density at radius 1 is 0.921 bits per heavy atom. The number of benzene rings is 3. The molecule has 4 aromatic rings. The van der Waals surface area contributed by atoms with E-state index in [-0.39, 0.29) is 6.54 Å². The van der Waals surface area contributed by atoms with Crippen molar-refractivity contribution in [2.45, 2.75) is 36.6 Å². The number of nitrogens with two attached hydrogens (primary N) is 1. The van der Waals surface area contributed by atoms with Gasteiger partial charge in [0, 0.05) is 6.54 Å². The van der Waals surface area contributed by atoms with Gasteiger partial charge in [-0.2, -0.15) is 5.26 Å². The molecule has 0 bridgehead atoms. The van der Waals surface area contributed by atoms with Crippen LogP contribution >= 0.6 is 0 Å². The Balaban J connectivity index is 1.40. The summed E-state index contributed by atoms with van der Waals surface area (Å²) in [6.07, 6.45) is 2.24. The zero-order chi connectivity index (χ0) is 26.4. The lowest BCUT2D eigenvalue weighted by atomic mass is 9.71. The van der Waals surface area contributed by atoms with Crippen molar-refractivity contribution in [2.24, 2.45) is 5.73 Å². The molecule has 1 aliphatic rings. The zero-order valence-corrected chi connectivity index (χ0v) is 21.3. The largest absolute Gasteiger partial charge is 0.368 e. The summed E-state index contributed by atoms with van der Waals surface area (Å²) in [5, 5.41) is 22.9. The minimum absolute atomic E-state index is 0.0561. The van der Waals surface area contributed by atoms with Gasteiger partial charge in [-0.1, -0.05) is 91.0 Å². The molecule has 0 spiro atoms. The molecule has 3 aromatic carbocycles. The van der Waals surface area contributed by atoms with Gasteiger partial charge in [0.15, 0.2) is 5.82 Å². The highest BCUT2D eigenvalue weighted by Gasteiger charge is 2.43. The third-order valence-corrected chi connectivity index (χ3v) is 7.83. The average molecular weight is 506 g/mol. The maximum atomic E-state index is 11.7. The quantitative estimate of drug-likeness (QED) is 0.373. The summed E-state index contributed by atoms with van der Waals surface area (Å²) in [6.45, 7) is 2.33. The Kier molecular flexibility index (Phi) is 7.29. The molecule has 0 saturated carbocycles. The zero-order valence-electron chi connectivity index (χ0n) is 21.3. The van der Waals surface area contributed by atoms with Crippen LogP contribution in [-0.2, 0) is 22.2 Å². The Morgan fingerprint density at radius 2 is 1.47 bits per heavy atom. The first-order valence-corrected chi connectivity index (χ1v) is 12.9. The first-order valence-electron chi connectivity index (χ1n) is 12.9. The number of hydrogen-bond donors (Lipinski definition) is 1. The van der Waals surface area contributed by atoms with E-state index in [2.05, 4.69) is 38.6 Å². The van der Waals surface area contributed by atoms with Crippen LogP contribution in [0.1, 0.15) is 41.8 Å². The summed E-state index contributed by atoms with van der Waals surface area (Å²) in [4.78, 5) is 14.1. The third-order valence-electron chi connectivity index (χ3n) is 7.83. The van der Waals surface area contributed by atoms with Gasteiger partial charge in [-0.25, -0.2) is 4.68 Å². The molecule has 1 saturated heterocycles. The Morgan fingerprint density at radius 3 is 2.00 bits per heavy atom. The molecule has 0 atom stereocenters. The fourth-order valence-electron chi connectivity index (χ4n) is 5.77. The van der Waals surface area contributed by atoms with Crippen molar-refractivity contribution in [1.29, 1.82) is 5.26 Å². The van der Waals surface area contributed by atoms with Gasteiger partial charge >= 0.3 is 0 Å². The summed E-state index contributed by atoms with van der Waals surface area (Å²) in [5.41, 5.74) is 7.47. The lowest BCUT2D eigenvalue weighted by molar-refractivity contribution is -0.118. The molecule has 0 aliphatic carbocycles. The molecule has 1 fully saturated rings. The van der Waals surface area contributed by atoms with E-state index in [0.29, 0.717) is 12.2 Å². The van der Waals surface area contributed by atoms with Crippen molar-refractivity contribution < 1.29 is 4.79 Å². The van der Waals surface area contributed by atoms with E-state index in [4.69, 9.17) is 5.73 Å². The molecule has 2 N–H and O–H groups in total. The van der Waals surface area contributed by atoms with E-state index >= 15 is 0 Å². The van der Waals surface area contributed by atoms with Gasteiger partial charge in [-0.3, -0.25) is 4.79 Å². The van der Waals surface area contributed by atoms with Crippen LogP contribution in [0.5, 0.6) is 0 Å². The number of amides is 1. The SMILES string of the molecule is N#CC(CCN1CCC(c2ccccc2)(c2nnnn2CC(N)=O)CC1)(c1ccccc1)c1ccccc1. The Hall–Kier alpha value is -4.35. The van der Waals surface area contributed by atoms with Crippen molar-refractivity contribution in [3.05, 3.63) is 114 Å². The fraction of sp³-hybridized carbons (Fsp3) is 0.300. The number of hydrogen-bond acceptors (Lipinski definition) is 6. The second-order valence-corrected chi connectivity index (χ2v) is 9.92. The highest BCUT2D eigenvalue weighted by atomic mass is 16.1. The maximum Gasteiger partial charge on any atom is 0.239 e. The first-order chi connectivity index (χ1) is 18.6. The van der Waals surface area contributed by atoms with Crippen LogP contribution < -0.4 is 5.73 Å². The maximum absolute atomic E-state index is 11.7. The standard InChI is InChI=1S/C30H31N7O/c31-23-30(25-12-6-2-7-13-25,26-14-8-3-9-15-26)18-21-36-19-16-29(17-20-36,24-10-4-1-5-11-24)28-33-34-35-37(28)22-27(32)38/h1-15H,16-22H2,(H2,32,38). The summed E-state index contributed by atoms with van der Waals surface area (Å²) in [6, 6.07) is 33.1. The topological polar surface area (TPSA) is 114 Å². The number of piperidine rings is 1. The molecule has 2 heterocycles. The number of carbonyl (C=O) groups excluding carboxylic acids is 1. The van der Waals surface area contributed by atoms with E-state index < -0.39 is 16.7 Å². The average Bonchev–Trinajstić information content (AvgIpc) is 3.43. The van der Waals surface area contributed by atoms with Gasteiger partial charge in [-0.05, 0) is 59.5 Å². The van der Waals surface area contributed by atoms with Crippen molar-refractivity contribution in [2.75, 3.05) is 19.6 Å². The number of primary amides is 1. The highest BCUT2D eigenvalue weighted by Crippen LogP contribution is 2.41. The van der Waals surface area contributed by atoms with E-state index in [1.807, 2.05) is 78.9 Å². The summed E-state index contributed by atoms with van der Waals surface area (Å²) in [5.74, 6) is 0.191. The lowest BCUT2D eigenvalue weighted by Gasteiger charge is -2.42. The number of rotatable bonds is 9. The number of nitrogens with zero attached hydrogens (tertiary/aromatic N) is 6. The third kappa shape index (κ3) is 4.81. The van der Waals surface area contributed by atoms with Crippen LogP contribution in [-0.4, -0.2) is 50.6 Å². The van der Waals surface area contributed by atoms with Crippen LogP contribution in [0, 0.1) is 11.3 Å². The molecule has 1 aliphatic heterocycles. The molecule has 38 heavy (non-hydrogen) atoms. The van der Waals surface area contributed by atoms with Crippen molar-refractivity contribution in [3.8, 4) is 6.07 Å². The minimum Gasteiger partial charge on any atom is -0.368 e. The van der Waals surface area contributed by atoms with Crippen molar-refractivity contribution in [3.63, 3.8) is 0 Å². The molecule has 1 amide bonds. The molecular formula is C30H31N7O. The van der Waals surface area contributed by atoms with Gasteiger partial charge in [-0.15, -0.1) is 5.10 Å². The van der Waals surface area contributed by atoms with Crippen molar-refractivity contribution in [1.82, 2.24) is 25.1 Å². The van der Waals surface area contributed by atoms with Gasteiger partial charge in [0.1, 0.15) is 12.0 Å². The molecule has 8 heteroatoms. The van der Waals surface area contributed by atoms with Crippen molar-refractivity contribution >= 4 is 5.91 Å². The predicted molar refractivity (Wildman–Crippen MR) is 144 cm³/mol. The molecule has 0 radical (unpaired) electrons. The first kappa shape index (κ1) is 25.3. The molecule has 8 nitrogen and oxygen atoms in total. The molecule has 192 valence electrons. The van der Waals surface area contributed by atoms with Gasteiger partial charge < -0.3 is 10.6 Å². The minimum atomic E-state index is -0.734. The molecule has 1 aromatic heterocycles. The van der Waals surface area contributed by atoms with E-state index in [9.17, 15) is 10.1 Å². The van der Waals surface area contributed by atoms with Crippen LogP contribution in [0.25, 0.3) is 0 Å². The number of carbonyl (C=O) groups is 1. The normalized spacial score (nSPS) is 15.6. The highest BCUT2D eigenvalue weighted by molar-refractivity contribution is 5.73. The van der Waals surface area contributed by atoms with Crippen LogP contribution in [0.15, 0.2) is 91.0 Å². The summed E-state index contributed by atoms with van der Waals surface area (Å²) < 4.78 is 1.54. The van der Waals surface area contributed by atoms with E-state index in [1.165, 1.54) is 4.68 Å². The van der Waals surface area contributed by atoms with Gasteiger partial charge in [0.05, 0.1) is 11.5 Å².